The Labute approximate surface area is 106 Å². The Morgan fingerprint density at radius 3 is 2.69 bits per heavy atom. The van der Waals surface area contributed by atoms with Crippen LogP contribution in [0.25, 0.3) is 0 Å². The molecule has 1 aromatic rings. The third-order valence-electron chi connectivity index (χ3n) is 2.20. The first-order valence-electron chi connectivity index (χ1n) is 5.28. The van der Waals surface area contributed by atoms with E-state index in [1.165, 1.54) is 0 Å². The van der Waals surface area contributed by atoms with Crippen LogP contribution in [0.15, 0.2) is 22.7 Å². The van der Waals surface area contributed by atoms with Gasteiger partial charge in [-0.15, -0.1) is 6.42 Å². The summed E-state index contributed by atoms with van der Waals surface area (Å²) in [6.07, 6.45) is 5.38. The lowest BCUT2D eigenvalue weighted by atomic mass is 10.1. The van der Waals surface area contributed by atoms with E-state index in [2.05, 4.69) is 40.6 Å². The highest BCUT2D eigenvalue weighted by molar-refractivity contribution is 9.10. The number of rotatable bonds is 4. The third kappa shape index (κ3) is 3.46. The highest BCUT2D eigenvalue weighted by Gasteiger charge is 2.10. The number of nitrogen functional groups attached to an aromatic ring is 1. The minimum atomic E-state index is 0.552. The number of terminal acetylenes is 1. The predicted octanol–water partition coefficient (Wildman–Crippen LogP) is 3.13. The molecule has 0 heterocycles. The van der Waals surface area contributed by atoms with Gasteiger partial charge in [-0.1, -0.05) is 35.7 Å². The van der Waals surface area contributed by atoms with Gasteiger partial charge in [0, 0.05) is 11.0 Å². The first kappa shape index (κ1) is 12.9. The summed E-state index contributed by atoms with van der Waals surface area (Å²) in [5.74, 6) is 3.22. The quantitative estimate of drug-likeness (QED) is 0.678. The van der Waals surface area contributed by atoms with Crippen LogP contribution in [0.3, 0.4) is 0 Å². The molecular weight excluding hydrogens is 264 g/mol. The van der Waals surface area contributed by atoms with Gasteiger partial charge >= 0.3 is 0 Å². The van der Waals surface area contributed by atoms with Crippen LogP contribution >= 0.6 is 15.9 Å². The highest BCUT2D eigenvalue weighted by atomic mass is 79.9. The van der Waals surface area contributed by atoms with Crippen molar-refractivity contribution in [3.8, 4) is 12.3 Å². The molecule has 1 aromatic carbocycles. The first-order chi connectivity index (χ1) is 7.54. The van der Waals surface area contributed by atoms with E-state index in [1.807, 2.05) is 18.2 Å². The number of anilines is 2. The topological polar surface area (TPSA) is 29.3 Å². The van der Waals surface area contributed by atoms with Crippen LogP contribution in [0.4, 0.5) is 11.4 Å². The van der Waals surface area contributed by atoms with Gasteiger partial charge in [0.2, 0.25) is 0 Å². The standard InChI is InChI=1S/C13H17BrN2/c1-4-7-16(9-10(2)3)13-6-5-11(14)8-12(13)15/h1,5-6,8,10H,7,9,15H2,2-3H3. The Bertz CT molecular complexity index is 393. The third-order valence-corrected chi connectivity index (χ3v) is 2.69. The van der Waals surface area contributed by atoms with E-state index in [0.29, 0.717) is 12.5 Å². The van der Waals surface area contributed by atoms with Crippen LogP contribution in [-0.4, -0.2) is 13.1 Å². The summed E-state index contributed by atoms with van der Waals surface area (Å²) < 4.78 is 0.985. The van der Waals surface area contributed by atoms with Crippen molar-refractivity contribution in [1.82, 2.24) is 0 Å². The smallest absolute Gasteiger partial charge is 0.0792 e. The number of halogens is 1. The average molecular weight is 281 g/mol. The molecule has 3 heteroatoms. The zero-order valence-corrected chi connectivity index (χ0v) is 11.3. The molecule has 0 aliphatic rings. The van der Waals surface area contributed by atoms with E-state index >= 15 is 0 Å². The fourth-order valence-corrected chi connectivity index (χ4v) is 1.99. The maximum absolute atomic E-state index is 5.99. The molecule has 0 aromatic heterocycles. The largest absolute Gasteiger partial charge is 0.397 e. The lowest BCUT2D eigenvalue weighted by molar-refractivity contribution is 0.629. The van der Waals surface area contributed by atoms with Crippen LogP contribution < -0.4 is 10.6 Å². The van der Waals surface area contributed by atoms with Gasteiger partial charge in [0.15, 0.2) is 0 Å². The van der Waals surface area contributed by atoms with Gasteiger partial charge in [-0.25, -0.2) is 0 Å². The molecule has 0 amide bonds. The summed E-state index contributed by atoms with van der Waals surface area (Å²) >= 11 is 3.40. The Morgan fingerprint density at radius 1 is 1.50 bits per heavy atom. The molecule has 0 aliphatic carbocycles. The number of nitrogens with two attached hydrogens (primary N) is 1. The second-order valence-electron chi connectivity index (χ2n) is 4.18. The predicted molar refractivity (Wildman–Crippen MR) is 74.4 cm³/mol. The fraction of sp³-hybridized carbons (Fsp3) is 0.385. The maximum Gasteiger partial charge on any atom is 0.0792 e. The second-order valence-corrected chi connectivity index (χ2v) is 5.10. The molecule has 2 N–H and O–H groups in total. The lowest BCUT2D eigenvalue weighted by Gasteiger charge is -2.25. The average Bonchev–Trinajstić information content (AvgIpc) is 2.16. The van der Waals surface area contributed by atoms with Crippen LogP contribution in [0.5, 0.6) is 0 Å². The number of hydrogen-bond donors (Lipinski definition) is 1. The van der Waals surface area contributed by atoms with Gasteiger partial charge in [0.25, 0.3) is 0 Å². The van der Waals surface area contributed by atoms with Gasteiger partial charge in [0.05, 0.1) is 17.9 Å². The monoisotopic (exact) mass is 280 g/mol. The van der Waals surface area contributed by atoms with Crippen molar-refractivity contribution < 1.29 is 0 Å². The maximum atomic E-state index is 5.99. The molecule has 1 rings (SSSR count). The van der Waals surface area contributed by atoms with E-state index in [1.54, 1.807) is 0 Å². The van der Waals surface area contributed by atoms with Crippen molar-refractivity contribution in [3.05, 3.63) is 22.7 Å². The SMILES string of the molecule is C#CCN(CC(C)C)c1ccc(Br)cc1N. The first-order valence-corrected chi connectivity index (χ1v) is 6.07. The Kier molecular flexibility index (Phi) is 4.70. The summed E-state index contributed by atoms with van der Waals surface area (Å²) in [6, 6.07) is 5.88. The molecular formula is C13H17BrN2. The normalized spacial score (nSPS) is 10.2. The molecule has 0 saturated carbocycles. The molecule has 0 bridgehead atoms. The highest BCUT2D eigenvalue weighted by Crippen LogP contribution is 2.27. The Morgan fingerprint density at radius 2 is 2.19 bits per heavy atom. The number of benzene rings is 1. The molecule has 0 aliphatic heterocycles. The second kappa shape index (κ2) is 5.81. The van der Waals surface area contributed by atoms with Crippen molar-refractivity contribution in [1.29, 1.82) is 0 Å². The van der Waals surface area contributed by atoms with Gasteiger partial charge < -0.3 is 10.6 Å². The van der Waals surface area contributed by atoms with Crippen LogP contribution in [0.2, 0.25) is 0 Å². The van der Waals surface area contributed by atoms with Crippen molar-refractivity contribution in [2.45, 2.75) is 13.8 Å². The molecule has 0 fully saturated rings. The van der Waals surface area contributed by atoms with E-state index < -0.39 is 0 Å². The number of nitrogens with zero attached hydrogens (tertiary/aromatic N) is 1. The zero-order chi connectivity index (χ0) is 12.1. The zero-order valence-electron chi connectivity index (χ0n) is 9.70. The van der Waals surface area contributed by atoms with E-state index in [4.69, 9.17) is 12.2 Å². The van der Waals surface area contributed by atoms with Crippen molar-refractivity contribution >= 4 is 27.3 Å². The van der Waals surface area contributed by atoms with Crippen molar-refractivity contribution in [2.75, 3.05) is 23.7 Å². The van der Waals surface area contributed by atoms with E-state index in [9.17, 15) is 0 Å². The molecule has 0 spiro atoms. The van der Waals surface area contributed by atoms with Gasteiger partial charge in [-0.2, -0.15) is 0 Å². The summed E-state index contributed by atoms with van der Waals surface area (Å²) in [4.78, 5) is 2.13. The molecule has 0 atom stereocenters. The van der Waals surface area contributed by atoms with Crippen LogP contribution in [0.1, 0.15) is 13.8 Å². The van der Waals surface area contributed by atoms with E-state index in [0.717, 1.165) is 22.4 Å². The molecule has 16 heavy (non-hydrogen) atoms. The lowest BCUT2D eigenvalue weighted by Crippen LogP contribution is -2.28. The van der Waals surface area contributed by atoms with Crippen LogP contribution in [0, 0.1) is 18.3 Å². The van der Waals surface area contributed by atoms with Crippen molar-refractivity contribution in [3.63, 3.8) is 0 Å². The van der Waals surface area contributed by atoms with Gasteiger partial charge in [-0.05, 0) is 24.1 Å². The van der Waals surface area contributed by atoms with Crippen LogP contribution in [-0.2, 0) is 0 Å². The Hall–Kier alpha value is -1.14. The molecule has 86 valence electrons. The van der Waals surface area contributed by atoms with Gasteiger partial charge in [0.1, 0.15) is 0 Å². The summed E-state index contributed by atoms with van der Waals surface area (Å²) in [5.41, 5.74) is 7.75. The summed E-state index contributed by atoms with van der Waals surface area (Å²) in [5, 5.41) is 0. The summed E-state index contributed by atoms with van der Waals surface area (Å²) in [6.45, 7) is 5.83. The minimum Gasteiger partial charge on any atom is -0.397 e. The molecule has 0 saturated heterocycles. The minimum absolute atomic E-state index is 0.552. The number of hydrogen-bond acceptors (Lipinski definition) is 2. The molecule has 0 unspecified atom stereocenters. The Balaban J connectivity index is 2.97. The molecule has 2 nitrogen and oxygen atoms in total. The van der Waals surface area contributed by atoms with Crippen molar-refractivity contribution in [2.24, 2.45) is 5.92 Å². The molecule has 0 radical (unpaired) electrons. The van der Waals surface area contributed by atoms with E-state index in [-0.39, 0.29) is 0 Å². The van der Waals surface area contributed by atoms with Gasteiger partial charge in [-0.3, -0.25) is 0 Å². The summed E-state index contributed by atoms with van der Waals surface area (Å²) in [7, 11) is 0. The fourth-order valence-electron chi connectivity index (χ4n) is 1.61.